The summed E-state index contributed by atoms with van der Waals surface area (Å²) in [6, 6.07) is 0.0245. The molecule has 1 saturated carbocycles. The molecule has 1 aliphatic carbocycles. The summed E-state index contributed by atoms with van der Waals surface area (Å²) >= 11 is 0. The lowest BCUT2D eigenvalue weighted by Gasteiger charge is -2.24. The third-order valence-electron chi connectivity index (χ3n) is 4.63. The highest BCUT2D eigenvalue weighted by molar-refractivity contribution is 5.76. The van der Waals surface area contributed by atoms with Crippen LogP contribution in [0.1, 0.15) is 45.4 Å². The van der Waals surface area contributed by atoms with Crippen molar-refractivity contribution in [1.29, 1.82) is 0 Å². The molecule has 7 nitrogen and oxygen atoms in total. The Labute approximate surface area is 129 Å². The van der Waals surface area contributed by atoms with E-state index in [1.807, 2.05) is 17.8 Å². The average Bonchev–Trinajstić information content (AvgIpc) is 3.43. The van der Waals surface area contributed by atoms with Crippen LogP contribution < -0.4 is 5.32 Å². The van der Waals surface area contributed by atoms with Crippen LogP contribution in [0.4, 0.5) is 0 Å². The second-order valence-electron chi connectivity index (χ2n) is 6.13. The van der Waals surface area contributed by atoms with Gasteiger partial charge in [-0.3, -0.25) is 4.79 Å². The molecule has 1 amide bonds. The Morgan fingerprint density at radius 1 is 1.45 bits per heavy atom. The molecule has 7 heteroatoms. The number of aromatic nitrogens is 3. The van der Waals surface area contributed by atoms with Gasteiger partial charge in [-0.25, -0.2) is 4.68 Å². The number of amides is 1. The van der Waals surface area contributed by atoms with Gasteiger partial charge in [-0.1, -0.05) is 5.21 Å². The molecule has 1 unspecified atom stereocenters. The van der Waals surface area contributed by atoms with Crippen molar-refractivity contribution in [2.45, 2.75) is 62.7 Å². The molecule has 0 aromatic carbocycles. The Hall–Kier alpha value is -2.23. The zero-order valence-corrected chi connectivity index (χ0v) is 12.7. The Morgan fingerprint density at radius 3 is 2.77 bits per heavy atom. The standard InChI is InChI=1S/C15H20N6O/c1-3-4-6-15(18-19-15)7-5-13(22)17-12(2)14(8-9-14)21-11-10-16-20-21/h1,10-12H,4-9H2,2H3,(H,17,22). The van der Waals surface area contributed by atoms with Crippen LogP contribution in [-0.2, 0) is 10.3 Å². The van der Waals surface area contributed by atoms with Crippen LogP contribution in [0, 0.1) is 12.3 Å². The molecule has 0 saturated heterocycles. The summed E-state index contributed by atoms with van der Waals surface area (Å²) in [6.45, 7) is 2.02. The van der Waals surface area contributed by atoms with E-state index in [2.05, 4.69) is 31.8 Å². The molecule has 2 heterocycles. The van der Waals surface area contributed by atoms with Gasteiger partial charge in [0.2, 0.25) is 5.91 Å². The molecular weight excluding hydrogens is 280 g/mol. The van der Waals surface area contributed by atoms with E-state index in [4.69, 9.17) is 6.42 Å². The highest BCUT2D eigenvalue weighted by Gasteiger charge is 2.51. The van der Waals surface area contributed by atoms with Crippen molar-refractivity contribution >= 4 is 5.91 Å². The topological polar surface area (TPSA) is 84.5 Å². The van der Waals surface area contributed by atoms with Crippen LogP contribution in [0.2, 0.25) is 0 Å². The lowest BCUT2D eigenvalue weighted by Crippen LogP contribution is -2.44. The van der Waals surface area contributed by atoms with E-state index in [-0.39, 0.29) is 17.5 Å². The van der Waals surface area contributed by atoms with Crippen LogP contribution in [0.15, 0.2) is 22.6 Å². The van der Waals surface area contributed by atoms with E-state index in [1.54, 1.807) is 6.20 Å². The number of carbonyl (C=O) groups excluding carboxylic acids is 1. The minimum absolute atomic E-state index is 0.0243. The predicted molar refractivity (Wildman–Crippen MR) is 79.7 cm³/mol. The molecule has 0 radical (unpaired) electrons. The highest BCUT2D eigenvalue weighted by Crippen LogP contribution is 2.45. The van der Waals surface area contributed by atoms with E-state index in [0.717, 1.165) is 19.3 Å². The first-order chi connectivity index (χ1) is 10.6. The summed E-state index contributed by atoms with van der Waals surface area (Å²) < 4.78 is 1.86. The summed E-state index contributed by atoms with van der Waals surface area (Å²) in [5.74, 6) is 2.62. The minimum atomic E-state index is -0.393. The highest BCUT2D eigenvalue weighted by atomic mass is 16.1. The van der Waals surface area contributed by atoms with Crippen LogP contribution >= 0.6 is 0 Å². The lowest BCUT2D eigenvalue weighted by atomic mass is 10.0. The van der Waals surface area contributed by atoms with Crippen molar-refractivity contribution in [2.75, 3.05) is 0 Å². The zero-order valence-electron chi connectivity index (χ0n) is 12.7. The number of hydrogen-bond donors (Lipinski definition) is 1. The molecule has 0 spiro atoms. The molecule has 22 heavy (non-hydrogen) atoms. The van der Waals surface area contributed by atoms with Crippen molar-refractivity contribution in [3.8, 4) is 12.3 Å². The normalized spacial score (nSPS) is 20.9. The summed E-state index contributed by atoms with van der Waals surface area (Å²) in [5.41, 5.74) is -0.502. The summed E-state index contributed by atoms with van der Waals surface area (Å²) in [4.78, 5) is 12.2. The van der Waals surface area contributed by atoms with Crippen molar-refractivity contribution in [3.63, 3.8) is 0 Å². The molecule has 1 aromatic rings. The molecule has 1 aromatic heterocycles. The lowest BCUT2D eigenvalue weighted by molar-refractivity contribution is -0.122. The van der Waals surface area contributed by atoms with Gasteiger partial charge >= 0.3 is 0 Å². The summed E-state index contributed by atoms with van der Waals surface area (Å²) in [7, 11) is 0. The van der Waals surface area contributed by atoms with Crippen LogP contribution in [0.5, 0.6) is 0 Å². The molecule has 1 fully saturated rings. The van der Waals surface area contributed by atoms with Crippen LogP contribution in [-0.4, -0.2) is 32.6 Å². The second-order valence-corrected chi connectivity index (χ2v) is 6.13. The van der Waals surface area contributed by atoms with E-state index in [9.17, 15) is 4.79 Å². The maximum absolute atomic E-state index is 12.2. The van der Waals surface area contributed by atoms with Gasteiger partial charge in [0.1, 0.15) is 0 Å². The second kappa shape index (κ2) is 5.52. The monoisotopic (exact) mass is 300 g/mol. The zero-order chi connectivity index (χ0) is 15.6. The Bertz CT molecular complexity index is 604. The third-order valence-corrected chi connectivity index (χ3v) is 4.63. The predicted octanol–water partition coefficient (Wildman–Crippen LogP) is 1.63. The fourth-order valence-electron chi connectivity index (χ4n) is 2.86. The van der Waals surface area contributed by atoms with Crippen molar-refractivity contribution in [1.82, 2.24) is 20.3 Å². The van der Waals surface area contributed by atoms with Gasteiger partial charge in [0, 0.05) is 31.9 Å². The quantitative estimate of drug-likeness (QED) is 0.740. The molecule has 1 N–H and O–H groups in total. The van der Waals surface area contributed by atoms with E-state index in [1.165, 1.54) is 0 Å². The Kier molecular flexibility index (Phi) is 3.69. The van der Waals surface area contributed by atoms with Crippen molar-refractivity contribution in [3.05, 3.63) is 12.4 Å². The first-order valence-corrected chi connectivity index (χ1v) is 7.64. The number of carbonyl (C=O) groups is 1. The van der Waals surface area contributed by atoms with Crippen molar-refractivity contribution in [2.24, 2.45) is 10.2 Å². The maximum Gasteiger partial charge on any atom is 0.220 e. The van der Waals surface area contributed by atoms with Crippen molar-refractivity contribution < 1.29 is 4.79 Å². The molecule has 3 rings (SSSR count). The van der Waals surface area contributed by atoms with Gasteiger partial charge < -0.3 is 5.32 Å². The van der Waals surface area contributed by atoms with E-state index >= 15 is 0 Å². The Balaban J connectivity index is 1.47. The van der Waals surface area contributed by atoms with Gasteiger partial charge in [-0.2, -0.15) is 10.2 Å². The molecule has 1 atom stereocenters. The number of nitrogens with one attached hydrogen (secondary N) is 1. The summed E-state index contributed by atoms with van der Waals surface area (Å²) in [5, 5.41) is 19.1. The van der Waals surface area contributed by atoms with Gasteiger partial charge in [0.05, 0.1) is 17.8 Å². The van der Waals surface area contributed by atoms with Crippen LogP contribution in [0.3, 0.4) is 0 Å². The Morgan fingerprint density at radius 2 is 2.23 bits per heavy atom. The van der Waals surface area contributed by atoms with E-state index in [0.29, 0.717) is 19.3 Å². The number of terminal acetylenes is 1. The largest absolute Gasteiger partial charge is 0.351 e. The smallest absolute Gasteiger partial charge is 0.220 e. The minimum Gasteiger partial charge on any atom is -0.351 e. The van der Waals surface area contributed by atoms with Gasteiger partial charge in [0.15, 0.2) is 5.66 Å². The van der Waals surface area contributed by atoms with Crippen LogP contribution in [0.25, 0.3) is 0 Å². The number of rotatable bonds is 8. The molecule has 116 valence electrons. The first-order valence-electron chi connectivity index (χ1n) is 7.64. The number of hydrogen-bond acceptors (Lipinski definition) is 5. The van der Waals surface area contributed by atoms with Gasteiger partial charge in [-0.15, -0.1) is 17.4 Å². The molecule has 2 aliphatic rings. The number of nitrogens with zero attached hydrogens (tertiary/aromatic N) is 5. The maximum atomic E-state index is 12.2. The molecule has 1 aliphatic heterocycles. The average molecular weight is 300 g/mol. The fraction of sp³-hybridized carbons (Fsp3) is 0.667. The SMILES string of the molecule is C#CCCC1(CCC(=O)NC(C)C2(n3ccnn3)CC2)N=N1. The fourth-order valence-corrected chi connectivity index (χ4v) is 2.86. The van der Waals surface area contributed by atoms with Gasteiger partial charge in [0.25, 0.3) is 0 Å². The first kappa shape index (κ1) is 14.7. The third kappa shape index (κ3) is 2.86. The van der Waals surface area contributed by atoms with Gasteiger partial charge in [-0.05, 0) is 19.8 Å². The molecular formula is C15H20N6O. The summed E-state index contributed by atoms with van der Waals surface area (Å²) in [6.07, 6.45) is 13.2. The molecule has 0 bridgehead atoms. The van der Waals surface area contributed by atoms with E-state index < -0.39 is 5.66 Å².